The lowest BCUT2D eigenvalue weighted by Gasteiger charge is -1.97. The van der Waals surface area contributed by atoms with E-state index in [4.69, 9.17) is 5.73 Å². The van der Waals surface area contributed by atoms with E-state index < -0.39 is 0 Å². The third-order valence-corrected chi connectivity index (χ3v) is 2.02. The van der Waals surface area contributed by atoms with Gasteiger partial charge in [-0.1, -0.05) is 45.1 Å². The Balaban J connectivity index is 2.96. The van der Waals surface area contributed by atoms with Gasteiger partial charge in [-0.05, 0) is 19.8 Å². The van der Waals surface area contributed by atoms with Crippen LogP contribution in [0.3, 0.4) is 0 Å². The van der Waals surface area contributed by atoms with Crippen LogP contribution in [0.2, 0.25) is 0 Å². The van der Waals surface area contributed by atoms with Gasteiger partial charge < -0.3 is 5.73 Å². The van der Waals surface area contributed by atoms with E-state index in [0.717, 1.165) is 12.1 Å². The average Bonchev–Trinajstić information content (AvgIpc) is 2.02. The Morgan fingerprint density at radius 1 is 1.08 bits per heavy atom. The first-order valence-corrected chi connectivity index (χ1v) is 5.19. The number of allylic oxidation sites excluding steroid dienone is 2. The highest BCUT2D eigenvalue weighted by Gasteiger charge is 1.88. The fraction of sp³-hybridized carbons (Fsp3) is 0.818. The van der Waals surface area contributed by atoms with Crippen molar-refractivity contribution < 1.29 is 0 Å². The first-order chi connectivity index (χ1) is 5.77. The van der Waals surface area contributed by atoms with Gasteiger partial charge in [-0.2, -0.15) is 0 Å². The summed E-state index contributed by atoms with van der Waals surface area (Å²) in [5.41, 5.74) is 6.48. The predicted octanol–water partition coefficient (Wildman–Crippen LogP) is 3.60. The van der Waals surface area contributed by atoms with E-state index in [2.05, 4.69) is 13.0 Å². The van der Waals surface area contributed by atoms with Gasteiger partial charge in [-0.25, -0.2) is 0 Å². The van der Waals surface area contributed by atoms with Crippen molar-refractivity contribution in [1.29, 1.82) is 0 Å². The molecule has 0 aliphatic rings. The number of hydrogen-bond donors (Lipinski definition) is 1. The molecule has 0 aliphatic heterocycles. The van der Waals surface area contributed by atoms with Crippen LogP contribution in [0.5, 0.6) is 0 Å². The van der Waals surface area contributed by atoms with Crippen LogP contribution >= 0.6 is 0 Å². The Bertz CT molecular complexity index is 112. The van der Waals surface area contributed by atoms with Crippen molar-refractivity contribution in [2.45, 2.75) is 58.8 Å². The highest BCUT2D eigenvalue weighted by Crippen LogP contribution is 2.07. The molecular weight excluding hydrogens is 146 g/mol. The molecule has 0 amide bonds. The summed E-state index contributed by atoms with van der Waals surface area (Å²) in [6.45, 7) is 4.21. The number of hydrogen-bond acceptors (Lipinski definition) is 1. The minimum Gasteiger partial charge on any atom is -0.403 e. The van der Waals surface area contributed by atoms with Gasteiger partial charge in [0.05, 0.1) is 0 Å². The molecule has 12 heavy (non-hydrogen) atoms. The molecule has 0 heterocycles. The summed E-state index contributed by atoms with van der Waals surface area (Å²) in [6, 6.07) is 0. The highest BCUT2D eigenvalue weighted by molar-refractivity contribution is 4.90. The lowest BCUT2D eigenvalue weighted by Crippen LogP contribution is -1.89. The molecule has 0 spiro atoms. The normalized spacial score (nSPS) is 12.0. The Hall–Kier alpha value is -0.460. The van der Waals surface area contributed by atoms with Crippen LogP contribution in [0.1, 0.15) is 58.8 Å². The molecule has 72 valence electrons. The second-order valence-corrected chi connectivity index (χ2v) is 3.50. The average molecular weight is 169 g/mol. The molecule has 2 N–H and O–H groups in total. The molecule has 1 nitrogen and oxygen atoms in total. The topological polar surface area (TPSA) is 26.0 Å². The van der Waals surface area contributed by atoms with Crippen molar-refractivity contribution in [1.82, 2.24) is 0 Å². The molecule has 0 aromatic rings. The zero-order valence-corrected chi connectivity index (χ0v) is 8.60. The Kier molecular flexibility index (Phi) is 8.30. The van der Waals surface area contributed by atoms with Crippen molar-refractivity contribution in [2.24, 2.45) is 5.73 Å². The monoisotopic (exact) mass is 169 g/mol. The van der Waals surface area contributed by atoms with E-state index in [-0.39, 0.29) is 0 Å². The first kappa shape index (κ1) is 11.5. The van der Waals surface area contributed by atoms with E-state index >= 15 is 0 Å². The molecule has 0 unspecified atom stereocenters. The lowest BCUT2D eigenvalue weighted by atomic mass is 10.1. The van der Waals surface area contributed by atoms with E-state index in [0.29, 0.717) is 0 Å². The van der Waals surface area contributed by atoms with E-state index in [9.17, 15) is 0 Å². The molecule has 0 radical (unpaired) electrons. The number of nitrogens with two attached hydrogens (primary N) is 1. The molecule has 0 aliphatic carbocycles. The summed E-state index contributed by atoms with van der Waals surface area (Å²) < 4.78 is 0. The van der Waals surface area contributed by atoms with Crippen LogP contribution in [0.25, 0.3) is 0 Å². The molecule has 0 saturated heterocycles. The lowest BCUT2D eigenvalue weighted by molar-refractivity contribution is 0.610. The van der Waals surface area contributed by atoms with E-state index in [1.807, 2.05) is 6.92 Å². The van der Waals surface area contributed by atoms with Crippen LogP contribution in [0.4, 0.5) is 0 Å². The van der Waals surface area contributed by atoms with Gasteiger partial charge in [0, 0.05) is 5.70 Å². The van der Waals surface area contributed by atoms with Gasteiger partial charge in [-0.3, -0.25) is 0 Å². The summed E-state index contributed by atoms with van der Waals surface area (Å²) >= 11 is 0. The van der Waals surface area contributed by atoms with Gasteiger partial charge in [0.1, 0.15) is 0 Å². The SMILES string of the molecule is CCCCCCCC/C=C(\C)N. The molecule has 0 aromatic heterocycles. The molecule has 0 rings (SSSR count). The van der Waals surface area contributed by atoms with Crippen molar-refractivity contribution >= 4 is 0 Å². The minimum absolute atomic E-state index is 0.962. The van der Waals surface area contributed by atoms with Crippen molar-refractivity contribution in [3.63, 3.8) is 0 Å². The number of rotatable bonds is 7. The second kappa shape index (κ2) is 8.63. The zero-order chi connectivity index (χ0) is 9.23. The van der Waals surface area contributed by atoms with Crippen LogP contribution in [-0.2, 0) is 0 Å². The van der Waals surface area contributed by atoms with Crippen molar-refractivity contribution in [3.05, 3.63) is 11.8 Å². The standard InChI is InChI=1S/C11H23N/c1-3-4-5-6-7-8-9-10-11(2)12/h10H,3-9,12H2,1-2H3/b11-10+. The summed E-state index contributed by atoms with van der Waals surface area (Å²) in [7, 11) is 0. The van der Waals surface area contributed by atoms with E-state index in [1.54, 1.807) is 0 Å². The van der Waals surface area contributed by atoms with Crippen LogP contribution in [-0.4, -0.2) is 0 Å². The van der Waals surface area contributed by atoms with Crippen molar-refractivity contribution in [3.8, 4) is 0 Å². The van der Waals surface area contributed by atoms with Crippen LogP contribution in [0, 0.1) is 0 Å². The molecule has 1 heteroatoms. The number of unbranched alkanes of at least 4 members (excludes halogenated alkanes) is 6. The van der Waals surface area contributed by atoms with Gasteiger partial charge in [0.15, 0.2) is 0 Å². The fourth-order valence-electron chi connectivity index (χ4n) is 1.25. The third-order valence-electron chi connectivity index (χ3n) is 2.02. The summed E-state index contributed by atoms with van der Waals surface area (Å²) in [4.78, 5) is 0. The van der Waals surface area contributed by atoms with Gasteiger partial charge >= 0.3 is 0 Å². The third kappa shape index (κ3) is 9.54. The zero-order valence-electron chi connectivity index (χ0n) is 8.60. The molecule has 0 fully saturated rings. The highest BCUT2D eigenvalue weighted by atomic mass is 14.5. The quantitative estimate of drug-likeness (QED) is 0.579. The maximum Gasteiger partial charge on any atom is 0.000832 e. The molecule has 0 atom stereocenters. The van der Waals surface area contributed by atoms with E-state index in [1.165, 1.54) is 38.5 Å². The van der Waals surface area contributed by atoms with Crippen molar-refractivity contribution in [2.75, 3.05) is 0 Å². The largest absolute Gasteiger partial charge is 0.403 e. The fourth-order valence-corrected chi connectivity index (χ4v) is 1.25. The van der Waals surface area contributed by atoms with Crippen LogP contribution < -0.4 is 5.73 Å². The van der Waals surface area contributed by atoms with Gasteiger partial charge in [0.2, 0.25) is 0 Å². The maximum atomic E-state index is 5.52. The molecular formula is C11H23N. The molecule has 0 aromatic carbocycles. The summed E-state index contributed by atoms with van der Waals surface area (Å²) in [5.74, 6) is 0. The second-order valence-electron chi connectivity index (χ2n) is 3.50. The van der Waals surface area contributed by atoms with Gasteiger partial charge in [0.25, 0.3) is 0 Å². The molecule has 0 bridgehead atoms. The Labute approximate surface area is 77.0 Å². The first-order valence-electron chi connectivity index (χ1n) is 5.19. The smallest absolute Gasteiger partial charge is 0.000832 e. The summed E-state index contributed by atoms with van der Waals surface area (Å²) in [5, 5.41) is 0. The van der Waals surface area contributed by atoms with Crippen LogP contribution in [0.15, 0.2) is 11.8 Å². The predicted molar refractivity (Wildman–Crippen MR) is 55.9 cm³/mol. The summed E-state index contributed by atoms with van der Waals surface area (Å²) in [6.07, 6.45) is 11.5. The Morgan fingerprint density at radius 3 is 2.25 bits per heavy atom. The molecule has 0 saturated carbocycles. The van der Waals surface area contributed by atoms with Gasteiger partial charge in [-0.15, -0.1) is 0 Å². The minimum atomic E-state index is 0.962. The Morgan fingerprint density at radius 2 is 1.67 bits per heavy atom. The maximum absolute atomic E-state index is 5.52.